The fourth-order valence-electron chi connectivity index (χ4n) is 3.07. The van der Waals surface area contributed by atoms with Crippen LogP contribution in [0, 0.1) is 19.8 Å². The molecule has 2 heterocycles. The minimum Gasteiger partial charge on any atom is -0.488 e. The molecule has 1 aromatic carbocycles. The van der Waals surface area contributed by atoms with Gasteiger partial charge in [-0.2, -0.15) is 0 Å². The summed E-state index contributed by atoms with van der Waals surface area (Å²) in [6.45, 7) is 6.79. The first-order chi connectivity index (χ1) is 12.1. The Morgan fingerprint density at radius 1 is 1.40 bits per heavy atom. The predicted octanol–water partition coefficient (Wildman–Crippen LogP) is 2.60. The lowest BCUT2D eigenvalue weighted by Gasteiger charge is -2.23. The molecule has 3 rings (SSSR count). The second-order valence-electron chi connectivity index (χ2n) is 6.51. The molecule has 0 bridgehead atoms. The van der Waals surface area contributed by atoms with E-state index in [1.165, 1.54) is 0 Å². The average molecular weight is 343 g/mol. The number of piperidine rings is 1. The molecule has 2 aromatic rings. The highest BCUT2D eigenvalue weighted by molar-refractivity contribution is 5.96. The molecule has 0 aliphatic carbocycles. The van der Waals surface area contributed by atoms with Crippen molar-refractivity contribution in [2.45, 2.75) is 33.3 Å². The van der Waals surface area contributed by atoms with E-state index in [9.17, 15) is 4.79 Å². The van der Waals surface area contributed by atoms with Crippen LogP contribution in [0.2, 0.25) is 0 Å². The molecule has 0 spiro atoms. The largest absolute Gasteiger partial charge is 0.488 e. The Balaban J connectivity index is 1.62. The Morgan fingerprint density at radius 3 is 2.96 bits per heavy atom. The number of aromatic nitrogens is 1. The SMILES string of the molecule is Cc1noc(C)c1COc1ccccc1C(=O)NCC1CCCNC1. The maximum absolute atomic E-state index is 12.6. The molecule has 0 saturated carbocycles. The lowest BCUT2D eigenvalue weighted by molar-refractivity contribution is 0.0940. The molecule has 0 radical (unpaired) electrons. The zero-order chi connectivity index (χ0) is 17.6. The van der Waals surface area contributed by atoms with Gasteiger partial charge in [-0.3, -0.25) is 4.79 Å². The smallest absolute Gasteiger partial charge is 0.255 e. The van der Waals surface area contributed by atoms with Crippen molar-refractivity contribution in [3.8, 4) is 5.75 Å². The lowest BCUT2D eigenvalue weighted by Crippen LogP contribution is -2.38. The number of aryl methyl sites for hydroxylation is 2. The highest BCUT2D eigenvalue weighted by Gasteiger charge is 2.17. The molecule has 6 heteroatoms. The van der Waals surface area contributed by atoms with E-state index in [1.807, 2.05) is 32.0 Å². The van der Waals surface area contributed by atoms with Gasteiger partial charge >= 0.3 is 0 Å². The summed E-state index contributed by atoms with van der Waals surface area (Å²) in [5.41, 5.74) is 2.28. The summed E-state index contributed by atoms with van der Waals surface area (Å²) in [7, 11) is 0. The van der Waals surface area contributed by atoms with Gasteiger partial charge in [0.05, 0.1) is 16.8 Å². The molecule has 1 atom stereocenters. The number of nitrogens with zero attached hydrogens (tertiary/aromatic N) is 1. The number of nitrogens with one attached hydrogen (secondary N) is 2. The van der Waals surface area contributed by atoms with Crippen LogP contribution in [0.25, 0.3) is 0 Å². The summed E-state index contributed by atoms with van der Waals surface area (Å²) >= 11 is 0. The van der Waals surface area contributed by atoms with Crippen LogP contribution in [-0.2, 0) is 6.61 Å². The van der Waals surface area contributed by atoms with Gasteiger partial charge in [0.15, 0.2) is 0 Å². The van der Waals surface area contributed by atoms with Crippen LogP contribution >= 0.6 is 0 Å². The van der Waals surface area contributed by atoms with E-state index in [1.54, 1.807) is 6.07 Å². The standard InChI is InChI=1S/C19H25N3O3/c1-13-17(14(2)25-22-13)12-24-18-8-4-3-7-16(18)19(23)21-11-15-6-5-9-20-10-15/h3-4,7-8,15,20H,5-6,9-12H2,1-2H3,(H,21,23). The molecular weight excluding hydrogens is 318 g/mol. The fraction of sp³-hybridized carbons (Fsp3) is 0.474. The van der Waals surface area contributed by atoms with Crippen molar-refractivity contribution in [1.82, 2.24) is 15.8 Å². The molecular formula is C19H25N3O3. The zero-order valence-electron chi connectivity index (χ0n) is 14.8. The van der Waals surface area contributed by atoms with Crippen LogP contribution in [0.1, 0.15) is 40.2 Å². The molecule has 1 unspecified atom stereocenters. The molecule has 1 saturated heterocycles. The van der Waals surface area contributed by atoms with Crippen LogP contribution in [0.4, 0.5) is 0 Å². The van der Waals surface area contributed by atoms with Crippen LogP contribution < -0.4 is 15.4 Å². The maximum Gasteiger partial charge on any atom is 0.255 e. The molecule has 134 valence electrons. The monoisotopic (exact) mass is 343 g/mol. The number of ether oxygens (including phenoxy) is 1. The molecule has 1 aliphatic rings. The summed E-state index contributed by atoms with van der Waals surface area (Å²) in [5, 5.41) is 10.3. The van der Waals surface area contributed by atoms with Gasteiger partial charge in [-0.15, -0.1) is 0 Å². The van der Waals surface area contributed by atoms with Crippen molar-refractivity contribution in [2.75, 3.05) is 19.6 Å². The van der Waals surface area contributed by atoms with Crippen molar-refractivity contribution in [2.24, 2.45) is 5.92 Å². The van der Waals surface area contributed by atoms with Gasteiger partial charge in [0.25, 0.3) is 5.91 Å². The third kappa shape index (κ3) is 4.39. The van der Waals surface area contributed by atoms with E-state index in [-0.39, 0.29) is 5.91 Å². The summed E-state index contributed by atoms with van der Waals surface area (Å²) in [5.74, 6) is 1.71. The van der Waals surface area contributed by atoms with Gasteiger partial charge in [-0.25, -0.2) is 0 Å². The number of rotatable bonds is 6. The molecule has 2 N–H and O–H groups in total. The first kappa shape index (κ1) is 17.5. The van der Waals surface area contributed by atoms with Crippen molar-refractivity contribution in [3.05, 3.63) is 46.8 Å². The highest BCUT2D eigenvalue weighted by Crippen LogP contribution is 2.21. The summed E-state index contributed by atoms with van der Waals surface area (Å²) < 4.78 is 11.0. The number of benzene rings is 1. The minimum absolute atomic E-state index is 0.0973. The van der Waals surface area contributed by atoms with Crippen molar-refractivity contribution in [1.29, 1.82) is 0 Å². The molecule has 1 amide bonds. The number of carbonyl (C=O) groups excluding carboxylic acids is 1. The van der Waals surface area contributed by atoms with Crippen molar-refractivity contribution >= 4 is 5.91 Å². The molecule has 1 aromatic heterocycles. The molecule has 1 aliphatic heterocycles. The van der Waals surface area contributed by atoms with E-state index in [4.69, 9.17) is 9.26 Å². The molecule has 1 fully saturated rings. The third-order valence-electron chi connectivity index (χ3n) is 4.64. The van der Waals surface area contributed by atoms with Gasteiger partial charge in [0.1, 0.15) is 18.1 Å². The third-order valence-corrected chi connectivity index (χ3v) is 4.64. The van der Waals surface area contributed by atoms with Crippen LogP contribution in [0.3, 0.4) is 0 Å². The van der Waals surface area contributed by atoms with Crippen LogP contribution in [-0.4, -0.2) is 30.7 Å². The minimum atomic E-state index is -0.0973. The number of hydrogen-bond acceptors (Lipinski definition) is 5. The van der Waals surface area contributed by atoms with Gasteiger partial charge < -0.3 is 19.9 Å². The Labute approximate surface area is 147 Å². The Kier molecular flexibility index (Phi) is 5.71. The van der Waals surface area contributed by atoms with E-state index < -0.39 is 0 Å². The molecule has 25 heavy (non-hydrogen) atoms. The first-order valence-electron chi connectivity index (χ1n) is 8.77. The lowest BCUT2D eigenvalue weighted by atomic mass is 9.99. The fourth-order valence-corrected chi connectivity index (χ4v) is 3.07. The van der Waals surface area contributed by atoms with E-state index in [2.05, 4.69) is 15.8 Å². The van der Waals surface area contributed by atoms with Gasteiger partial charge in [0, 0.05) is 6.54 Å². The summed E-state index contributed by atoms with van der Waals surface area (Å²) in [6.07, 6.45) is 2.31. The number of hydrogen-bond donors (Lipinski definition) is 2. The Morgan fingerprint density at radius 2 is 2.24 bits per heavy atom. The van der Waals surface area contributed by atoms with Gasteiger partial charge in [-0.05, 0) is 57.8 Å². The van der Waals surface area contributed by atoms with E-state index in [0.29, 0.717) is 30.4 Å². The maximum atomic E-state index is 12.6. The van der Waals surface area contributed by atoms with Crippen LogP contribution in [0.5, 0.6) is 5.75 Å². The topological polar surface area (TPSA) is 76.4 Å². The summed E-state index contributed by atoms with van der Waals surface area (Å²) in [6, 6.07) is 7.32. The summed E-state index contributed by atoms with van der Waals surface area (Å²) in [4.78, 5) is 12.6. The number of para-hydroxylation sites is 1. The van der Waals surface area contributed by atoms with Crippen molar-refractivity contribution in [3.63, 3.8) is 0 Å². The highest BCUT2D eigenvalue weighted by atomic mass is 16.5. The van der Waals surface area contributed by atoms with Gasteiger partial charge in [-0.1, -0.05) is 17.3 Å². The second kappa shape index (κ2) is 8.16. The molecule has 6 nitrogen and oxygen atoms in total. The van der Waals surface area contributed by atoms with E-state index >= 15 is 0 Å². The quantitative estimate of drug-likeness (QED) is 0.843. The average Bonchev–Trinajstić information content (AvgIpc) is 2.97. The van der Waals surface area contributed by atoms with Crippen molar-refractivity contribution < 1.29 is 14.1 Å². The predicted molar refractivity (Wildman–Crippen MR) is 94.7 cm³/mol. The van der Waals surface area contributed by atoms with E-state index in [0.717, 1.165) is 42.9 Å². The number of amides is 1. The zero-order valence-corrected chi connectivity index (χ0v) is 14.8. The Bertz CT molecular complexity index is 701. The second-order valence-corrected chi connectivity index (χ2v) is 6.51. The van der Waals surface area contributed by atoms with Crippen LogP contribution in [0.15, 0.2) is 28.8 Å². The normalized spacial score (nSPS) is 17.3. The first-order valence-corrected chi connectivity index (χ1v) is 8.77. The van der Waals surface area contributed by atoms with Gasteiger partial charge in [0.2, 0.25) is 0 Å². The Hall–Kier alpha value is -2.34. The number of carbonyl (C=O) groups is 1.